The Kier molecular flexibility index (Phi) is 6.65. The van der Waals surface area contributed by atoms with Gasteiger partial charge in [0, 0.05) is 11.5 Å². The van der Waals surface area contributed by atoms with Gasteiger partial charge in [0.1, 0.15) is 0 Å². The zero-order valence-corrected chi connectivity index (χ0v) is 16.9. The van der Waals surface area contributed by atoms with E-state index < -0.39 is 29.2 Å². The molecule has 0 aromatic heterocycles. The summed E-state index contributed by atoms with van der Waals surface area (Å²) < 4.78 is 67.4. The van der Waals surface area contributed by atoms with Crippen LogP contribution in [0.5, 0.6) is 11.5 Å². The van der Waals surface area contributed by atoms with Crippen LogP contribution in [-0.4, -0.2) is 13.2 Å². The van der Waals surface area contributed by atoms with Gasteiger partial charge in [-0.2, -0.15) is 8.78 Å². The molecule has 0 saturated heterocycles. The van der Waals surface area contributed by atoms with E-state index in [0.29, 0.717) is 11.1 Å². The monoisotopic (exact) mass is 418 g/mol. The molecule has 0 fully saturated rings. The van der Waals surface area contributed by atoms with Crippen molar-refractivity contribution >= 4 is 0 Å². The number of hydrogen-bond acceptors (Lipinski definition) is 2. The van der Waals surface area contributed by atoms with Gasteiger partial charge in [-0.1, -0.05) is 37.3 Å². The number of benzene rings is 3. The zero-order valence-electron chi connectivity index (χ0n) is 16.9. The minimum Gasteiger partial charge on any atom is -0.491 e. The number of hydrogen-bond donors (Lipinski definition) is 0. The third-order valence-corrected chi connectivity index (χ3v) is 4.91. The SMILES string of the molecule is CCOc1ccc(-c2ccc(C(C)c3ccc(OCC)c(F)c3F)cc2)c(F)c1F. The van der Waals surface area contributed by atoms with E-state index in [1.54, 1.807) is 45.0 Å². The van der Waals surface area contributed by atoms with E-state index in [2.05, 4.69) is 0 Å². The van der Waals surface area contributed by atoms with Crippen LogP contribution in [0.3, 0.4) is 0 Å². The summed E-state index contributed by atoms with van der Waals surface area (Å²) in [6.45, 7) is 5.57. The van der Waals surface area contributed by atoms with Gasteiger partial charge in [0.05, 0.1) is 13.2 Å². The minimum atomic E-state index is -1.04. The van der Waals surface area contributed by atoms with Crippen molar-refractivity contribution in [1.82, 2.24) is 0 Å². The predicted octanol–water partition coefficient (Wildman–Crippen LogP) is 6.86. The molecule has 0 N–H and O–H groups in total. The summed E-state index contributed by atoms with van der Waals surface area (Å²) in [5.74, 6) is -4.75. The Bertz CT molecular complexity index is 1030. The summed E-state index contributed by atoms with van der Waals surface area (Å²) >= 11 is 0. The third kappa shape index (κ3) is 4.13. The molecule has 0 amide bonds. The van der Waals surface area contributed by atoms with Gasteiger partial charge >= 0.3 is 0 Å². The molecule has 3 aromatic rings. The molecule has 1 atom stereocenters. The van der Waals surface area contributed by atoms with Gasteiger partial charge in [0.25, 0.3) is 0 Å². The molecule has 0 bridgehead atoms. The van der Waals surface area contributed by atoms with Crippen LogP contribution in [0.1, 0.15) is 37.8 Å². The van der Waals surface area contributed by atoms with Crippen molar-refractivity contribution in [2.45, 2.75) is 26.7 Å². The second-order valence-electron chi connectivity index (χ2n) is 6.73. The van der Waals surface area contributed by atoms with Gasteiger partial charge in [-0.3, -0.25) is 0 Å². The molecule has 158 valence electrons. The van der Waals surface area contributed by atoms with Crippen molar-refractivity contribution < 1.29 is 27.0 Å². The lowest BCUT2D eigenvalue weighted by Gasteiger charge is -2.16. The molecule has 3 aromatic carbocycles. The molecule has 2 nitrogen and oxygen atoms in total. The molecule has 0 radical (unpaired) electrons. The van der Waals surface area contributed by atoms with Gasteiger partial charge in [-0.05, 0) is 48.7 Å². The highest BCUT2D eigenvalue weighted by atomic mass is 19.2. The predicted molar refractivity (Wildman–Crippen MR) is 108 cm³/mol. The first-order valence-electron chi connectivity index (χ1n) is 9.70. The van der Waals surface area contributed by atoms with Gasteiger partial charge in [0.2, 0.25) is 11.6 Å². The van der Waals surface area contributed by atoms with Crippen molar-refractivity contribution in [2.24, 2.45) is 0 Å². The van der Waals surface area contributed by atoms with E-state index in [4.69, 9.17) is 9.47 Å². The maximum atomic E-state index is 14.5. The fourth-order valence-corrected chi connectivity index (χ4v) is 3.30. The van der Waals surface area contributed by atoms with Crippen molar-refractivity contribution in [3.63, 3.8) is 0 Å². The highest BCUT2D eigenvalue weighted by Gasteiger charge is 2.20. The molecule has 1 unspecified atom stereocenters. The standard InChI is InChI=1S/C24H22F4O2/c1-4-29-19-12-10-17(21(25)23(19)27)14(3)15-6-8-16(9-7-15)18-11-13-20(30-5-2)24(28)22(18)26/h6-14H,4-5H2,1-3H3. The van der Waals surface area contributed by atoms with E-state index in [1.165, 1.54) is 24.3 Å². The fourth-order valence-electron chi connectivity index (χ4n) is 3.30. The fraction of sp³-hybridized carbons (Fsp3) is 0.250. The number of halogens is 4. The van der Waals surface area contributed by atoms with Crippen LogP contribution in [0.4, 0.5) is 17.6 Å². The first-order chi connectivity index (χ1) is 14.4. The summed E-state index contributed by atoms with van der Waals surface area (Å²) in [7, 11) is 0. The molecule has 0 aliphatic heterocycles. The molecule has 3 rings (SSSR count). The number of ether oxygens (including phenoxy) is 2. The molecule has 0 aliphatic carbocycles. The number of rotatable bonds is 7. The Morgan fingerprint density at radius 2 is 1.20 bits per heavy atom. The zero-order chi connectivity index (χ0) is 21.8. The third-order valence-electron chi connectivity index (χ3n) is 4.91. The van der Waals surface area contributed by atoms with E-state index in [0.717, 1.165) is 0 Å². The van der Waals surface area contributed by atoms with Gasteiger partial charge in [-0.15, -0.1) is 0 Å². The molecule has 6 heteroatoms. The van der Waals surface area contributed by atoms with Crippen LogP contribution in [0.25, 0.3) is 11.1 Å². The van der Waals surface area contributed by atoms with E-state index in [-0.39, 0.29) is 35.8 Å². The molecule has 30 heavy (non-hydrogen) atoms. The van der Waals surface area contributed by atoms with E-state index in [1.807, 2.05) is 0 Å². The molecule has 0 heterocycles. The van der Waals surface area contributed by atoms with Crippen molar-refractivity contribution in [3.8, 4) is 22.6 Å². The van der Waals surface area contributed by atoms with Crippen LogP contribution < -0.4 is 9.47 Å². The van der Waals surface area contributed by atoms with Crippen LogP contribution in [0.15, 0.2) is 48.5 Å². The highest BCUT2D eigenvalue weighted by molar-refractivity contribution is 5.66. The van der Waals surface area contributed by atoms with Crippen LogP contribution in [0, 0.1) is 23.3 Å². The summed E-state index contributed by atoms with van der Waals surface area (Å²) in [6.07, 6.45) is 0. The molecular formula is C24H22F4O2. The first-order valence-corrected chi connectivity index (χ1v) is 9.70. The topological polar surface area (TPSA) is 18.5 Å². The first kappa shape index (κ1) is 21.7. The molecular weight excluding hydrogens is 396 g/mol. The van der Waals surface area contributed by atoms with Crippen molar-refractivity contribution in [1.29, 1.82) is 0 Å². The quantitative estimate of drug-likeness (QED) is 0.390. The Morgan fingerprint density at radius 1 is 0.667 bits per heavy atom. The van der Waals surface area contributed by atoms with E-state index >= 15 is 0 Å². The molecule has 0 aliphatic rings. The summed E-state index contributed by atoms with van der Waals surface area (Å²) in [5, 5.41) is 0. The Balaban J connectivity index is 1.89. The normalized spacial score (nSPS) is 12.0. The minimum absolute atomic E-state index is 0.0912. The summed E-state index contributed by atoms with van der Waals surface area (Å²) in [6, 6.07) is 12.3. The van der Waals surface area contributed by atoms with Gasteiger partial charge < -0.3 is 9.47 Å². The summed E-state index contributed by atoms with van der Waals surface area (Å²) in [4.78, 5) is 0. The van der Waals surface area contributed by atoms with Crippen molar-refractivity contribution in [2.75, 3.05) is 13.2 Å². The average Bonchev–Trinajstić information content (AvgIpc) is 2.75. The Labute approximate surface area is 173 Å². The lowest BCUT2D eigenvalue weighted by atomic mass is 9.91. The Hall–Kier alpha value is -3.02. The van der Waals surface area contributed by atoms with E-state index in [9.17, 15) is 17.6 Å². The molecule has 0 spiro atoms. The lowest BCUT2D eigenvalue weighted by molar-refractivity contribution is 0.313. The van der Waals surface area contributed by atoms with Gasteiger partial charge in [-0.25, -0.2) is 8.78 Å². The lowest BCUT2D eigenvalue weighted by Crippen LogP contribution is -2.04. The Morgan fingerprint density at radius 3 is 1.77 bits per heavy atom. The second kappa shape index (κ2) is 9.20. The maximum Gasteiger partial charge on any atom is 0.201 e. The maximum absolute atomic E-state index is 14.5. The smallest absolute Gasteiger partial charge is 0.201 e. The van der Waals surface area contributed by atoms with Crippen LogP contribution >= 0.6 is 0 Å². The summed E-state index contributed by atoms with van der Waals surface area (Å²) in [5.41, 5.74) is 1.44. The largest absolute Gasteiger partial charge is 0.491 e. The van der Waals surface area contributed by atoms with Crippen molar-refractivity contribution in [3.05, 3.63) is 82.9 Å². The average molecular weight is 418 g/mol. The van der Waals surface area contributed by atoms with Crippen LogP contribution in [0.2, 0.25) is 0 Å². The van der Waals surface area contributed by atoms with Crippen LogP contribution in [-0.2, 0) is 0 Å². The van der Waals surface area contributed by atoms with Gasteiger partial charge in [0.15, 0.2) is 23.1 Å². The molecule has 0 saturated carbocycles. The highest BCUT2D eigenvalue weighted by Crippen LogP contribution is 2.34. The second-order valence-corrected chi connectivity index (χ2v) is 6.73.